The summed E-state index contributed by atoms with van der Waals surface area (Å²) in [7, 11) is -3.60. The molecule has 0 atom stereocenters. The van der Waals surface area contributed by atoms with Crippen molar-refractivity contribution in [1.29, 1.82) is 0 Å². The van der Waals surface area contributed by atoms with Gasteiger partial charge in [0.05, 0.1) is 7.11 Å². The van der Waals surface area contributed by atoms with E-state index in [2.05, 4.69) is 47.1 Å². The number of aryl methyl sites for hydroxylation is 2. The first-order chi connectivity index (χ1) is 10.9. The summed E-state index contributed by atoms with van der Waals surface area (Å²) in [6.45, 7) is 5.61. The van der Waals surface area contributed by atoms with Crippen LogP contribution in [0.4, 0.5) is 0 Å². The molecule has 0 N–H and O–H groups in total. The van der Waals surface area contributed by atoms with Gasteiger partial charge in [-0.3, -0.25) is 4.18 Å². The molecule has 1 heterocycles. The van der Waals surface area contributed by atoms with Crippen LogP contribution in [0, 0.1) is 6.92 Å². The van der Waals surface area contributed by atoms with Gasteiger partial charge >= 0.3 is 0 Å². The molecule has 6 heteroatoms. The summed E-state index contributed by atoms with van der Waals surface area (Å²) in [5, 5.41) is 0. The highest BCUT2D eigenvalue weighted by Crippen LogP contribution is 2.08. The minimum Gasteiger partial charge on any atom is -0.726 e. The van der Waals surface area contributed by atoms with Crippen molar-refractivity contribution in [3.05, 3.63) is 30.1 Å². The zero-order valence-corrected chi connectivity index (χ0v) is 15.5. The maximum atomic E-state index is 9.22. The number of aromatic nitrogens is 1. The number of nitrogens with zero attached hydrogens (tertiary/aromatic N) is 1. The SMILES string of the molecule is CCCCCCCCCC[n+]1cccc(C)c1.COS(=O)(=O)[O-]. The van der Waals surface area contributed by atoms with Crippen molar-refractivity contribution in [3.63, 3.8) is 0 Å². The predicted octanol–water partition coefficient (Wildman–Crippen LogP) is 3.52. The van der Waals surface area contributed by atoms with Gasteiger partial charge in [0, 0.05) is 18.1 Å². The van der Waals surface area contributed by atoms with Crippen molar-refractivity contribution in [1.82, 2.24) is 0 Å². The molecule has 0 radical (unpaired) electrons. The van der Waals surface area contributed by atoms with Crippen molar-refractivity contribution in [2.75, 3.05) is 7.11 Å². The zero-order valence-electron chi connectivity index (χ0n) is 14.7. The quantitative estimate of drug-likeness (QED) is 0.281. The first kappa shape index (κ1) is 22.0. The summed E-state index contributed by atoms with van der Waals surface area (Å²) in [6, 6.07) is 4.30. The number of rotatable bonds is 10. The third-order valence-corrected chi connectivity index (χ3v) is 3.89. The summed E-state index contributed by atoms with van der Waals surface area (Å²) in [4.78, 5) is 0. The molecule has 134 valence electrons. The Balaban J connectivity index is 0.000000688. The third kappa shape index (κ3) is 15.7. The van der Waals surface area contributed by atoms with E-state index in [9.17, 15) is 13.0 Å². The van der Waals surface area contributed by atoms with Crippen LogP contribution in [0.25, 0.3) is 0 Å². The van der Waals surface area contributed by atoms with Crippen LogP contribution >= 0.6 is 0 Å². The Morgan fingerprint density at radius 1 is 1.09 bits per heavy atom. The van der Waals surface area contributed by atoms with E-state index in [1.54, 1.807) is 0 Å². The molecule has 0 aliphatic carbocycles. The number of hydrogen-bond acceptors (Lipinski definition) is 4. The Kier molecular flexibility index (Phi) is 12.9. The van der Waals surface area contributed by atoms with Gasteiger partial charge in [0.25, 0.3) is 0 Å². The van der Waals surface area contributed by atoms with Gasteiger partial charge in [-0.25, -0.2) is 13.0 Å². The highest BCUT2D eigenvalue weighted by Gasteiger charge is 1.99. The van der Waals surface area contributed by atoms with Gasteiger partial charge in [0.2, 0.25) is 10.4 Å². The number of pyridine rings is 1. The van der Waals surface area contributed by atoms with Crippen LogP contribution in [0.3, 0.4) is 0 Å². The second-order valence-corrected chi connectivity index (χ2v) is 6.82. The van der Waals surface area contributed by atoms with E-state index in [1.807, 2.05) is 0 Å². The lowest BCUT2D eigenvalue weighted by Crippen LogP contribution is -2.32. The minimum atomic E-state index is -4.41. The molecule has 0 aliphatic rings. The monoisotopic (exact) mass is 345 g/mol. The summed E-state index contributed by atoms with van der Waals surface area (Å²) in [5.74, 6) is 0. The lowest BCUT2D eigenvalue weighted by Gasteiger charge is -2.00. The van der Waals surface area contributed by atoms with E-state index in [1.165, 1.54) is 63.5 Å². The van der Waals surface area contributed by atoms with E-state index < -0.39 is 10.4 Å². The minimum absolute atomic E-state index is 0.808. The van der Waals surface area contributed by atoms with E-state index in [0.717, 1.165) is 7.11 Å². The standard InChI is InChI=1S/C16H28N.CH4O4S/c1-3-4-5-6-7-8-9-10-13-17-14-11-12-16(2)15-17;1-5-6(2,3)4/h11-12,14-15H,3-10,13H2,1-2H3;1H3,(H,2,3,4)/q+1;/p-1. The van der Waals surface area contributed by atoms with E-state index in [0.29, 0.717) is 0 Å². The molecule has 0 fully saturated rings. The molecule has 0 unspecified atom stereocenters. The maximum Gasteiger partial charge on any atom is 0.217 e. The fraction of sp³-hybridized carbons (Fsp3) is 0.706. The molecule has 1 aromatic heterocycles. The lowest BCUT2D eigenvalue weighted by atomic mass is 10.1. The summed E-state index contributed by atoms with van der Waals surface area (Å²) in [6.07, 6.45) is 15.6. The average molecular weight is 346 g/mol. The van der Waals surface area contributed by atoms with Crippen molar-refractivity contribution in [2.45, 2.75) is 71.8 Å². The number of unbranched alkanes of at least 4 members (excludes halogenated alkanes) is 7. The summed E-state index contributed by atoms with van der Waals surface area (Å²) >= 11 is 0. The third-order valence-electron chi connectivity index (χ3n) is 3.48. The van der Waals surface area contributed by atoms with Gasteiger partial charge in [-0.2, -0.15) is 0 Å². The second kappa shape index (κ2) is 13.5. The summed E-state index contributed by atoms with van der Waals surface area (Å²) in [5.41, 5.74) is 1.35. The Hall–Kier alpha value is -0.980. The van der Waals surface area contributed by atoms with E-state index in [4.69, 9.17) is 0 Å². The molecule has 23 heavy (non-hydrogen) atoms. The highest BCUT2D eigenvalue weighted by molar-refractivity contribution is 7.80. The molecule has 5 nitrogen and oxygen atoms in total. The molecule has 0 amide bonds. The Bertz CT molecular complexity index is 503. The van der Waals surface area contributed by atoms with Crippen LogP contribution < -0.4 is 4.57 Å². The molecule has 1 rings (SSSR count). The van der Waals surface area contributed by atoms with Gasteiger partial charge in [-0.05, 0) is 19.4 Å². The van der Waals surface area contributed by atoms with E-state index in [-0.39, 0.29) is 0 Å². The lowest BCUT2D eigenvalue weighted by molar-refractivity contribution is -0.697. The Morgan fingerprint density at radius 2 is 1.61 bits per heavy atom. The van der Waals surface area contributed by atoms with Crippen molar-refractivity contribution < 1.29 is 21.7 Å². The largest absolute Gasteiger partial charge is 0.726 e. The smallest absolute Gasteiger partial charge is 0.217 e. The van der Waals surface area contributed by atoms with Gasteiger partial charge < -0.3 is 4.55 Å². The molecule has 0 aromatic carbocycles. The van der Waals surface area contributed by atoms with Gasteiger partial charge in [-0.1, -0.05) is 45.4 Å². The Labute approximate surface area is 141 Å². The normalized spacial score (nSPS) is 11.0. The molecule has 0 spiro atoms. The van der Waals surface area contributed by atoms with Crippen molar-refractivity contribution >= 4 is 10.4 Å². The van der Waals surface area contributed by atoms with Gasteiger partial charge in [-0.15, -0.1) is 0 Å². The first-order valence-corrected chi connectivity index (χ1v) is 9.69. The van der Waals surface area contributed by atoms with E-state index >= 15 is 0 Å². The Morgan fingerprint density at radius 3 is 2.09 bits per heavy atom. The molecule has 0 bridgehead atoms. The van der Waals surface area contributed by atoms with Gasteiger partial charge in [0.15, 0.2) is 12.4 Å². The highest BCUT2D eigenvalue weighted by atomic mass is 32.3. The molecule has 0 saturated carbocycles. The maximum absolute atomic E-state index is 9.22. The van der Waals surface area contributed by atoms with Crippen molar-refractivity contribution in [3.8, 4) is 0 Å². The van der Waals surface area contributed by atoms with Crippen LogP contribution in [-0.4, -0.2) is 20.1 Å². The topological polar surface area (TPSA) is 70.3 Å². The predicted molar refractivity (Wildman–Crippen MR) is 90.7 cm³/mol. The average Bonchev–Trinajstić information content (AvgIpc) is 2.50. The molecule has 1 aromatic rings. The number of hydrogen-bond donors (Lipinski definition) is 0. The fourth-order valence-corrected chi connectivity index (χ4v) is 2.22. The van der Waals surface area contributed by atoms with Crippen molar-refractivity contribution in [2.24, 2.45) is 0 Å². The zero-order chi connectivity index (χ0) is 17.6. The molecule has 0 saturated heterocycles. The van der Waals surface area contributed by atoms with Gasteiger partial charge in [0.1, 0.15) is 6.54 Å². The summed E-state index contributed by atoms with van der Waals surface area (Å²) < 4.78 is 33.3. The van der Waals surface area contributed by atoms with Crippen LogP contribution in [-0.2, 0) is 21.1 Å². The fourth-order valence-electron chi connectivity index (χ4n) is 2.22. The van der Waals surface area contributed by atoms with Crippen LogP contribution in [0.5, 0.6) is 0 Å². The molecular weight excluding hydrogens is 314 g/mol. The molecular formula is C17H31NO4S. The molecule has 0 aliphatic heterocycles. The second-order valence-electron chi connectivity index (χ2n) is 5.67. The van der Waals surface area contributed by atoms with Crippen LogP contribution in [0.2, 0.25) is 0 Å². The van der Waals surface area contributed by atoms with Crippen LogP contribution in [0.15, 0.2) is 24.5 Å². The van der Waals surface area contributed by atoms with Crippen LogP contribution in [0.1, 0.15) is 63.9 Å². The first-order valence-electron chi connectivity index (χ1n) is 8.36.